The zero-order chi connectivity index (χ0) is 16.4. The Morgan fingerprint density at radius 1 is 0.917 bits per heavy atom. The summed E-state index contributed by atoms with van der Waals surface area (Å²) in [6.45, 7) is 0. The Bertz CT molecular complexity index is 1010. The fourth-order valence-corrected chi connectivity index (χ4v) is 3.20. The van der Waals surface area contributed by atoms with Gasteiger partial charge in [-0.3, -0.25) is 4.79 Å². The van der Waals surface area contributed by atoms with Gasteiger partial charge in [-0.15, -0.1) is 11.3 Å². The quantitative estimate of drug-likeness (QED) is 0.560. The summed E-state index contributed by atoms with van der Waals surface area (Å²) in [5.41, 5.74) is 3.59. The van der Waals surface area contributed by atoms with Gasteiger partial charge in [-0.1, -0.05) is 42.5 Å². The molecule has 1 N–H and O–H groups in total. The molecule has 2 aromatic heterocycles. The average Bonchev–Trinajstić information content (AvgIpc) is 3.16. The Hall–Kier alpha value is -2.98. The maximum atomic E-state index is 12.2. The van der Waals surface area contributed by atoms with Crippen molar-refractivity contribution >= 4 is 33.8 Å². The second-order valence-electron chi connectivity index (χ2n) is 5.40. The van der Waals surface area contributed by atoms with Crippen molar-refractivity contribution in [2.75, 3.05) is 5.32 Å². The number of fused-ring (bicyclic) bond motifs is 1. The third kappa shape index (κ3) is 2.92. The van der Waals surface area contributed by atoms with E-state index < -0.39 is 0 Å². The summed E-state index contributed by atoms with van der Waals surface area (Å²) >= 11 is 1.43. The third-order valence-electron chi connectivity index (χ3n) is 3.76. The molecule has 0 atom stereocenters. The standard InChI is InChI=1S/C20H14N2OS/c23-20(19-9-4-12-24-19)21-16-7-3-6-15(13-16)18-11-10-14-5-1-2-8-17(14)22-18/h1-13H,(H,21,23). The number of pyridine rings is 1. The van der Waals surface area contributed by atoms with Crippen LogP contribution in [0.1, 0.15) is 9.67 Å². The van der Waals surface area contributed by atoms with E-state index in [0.717, 1.165) is 27.8 Å². The molecule has 1 amide bonds. The van der Waals surface area contributed by atoms with E-state index in [2.05, 4.69) is 11.4 Å². The lowest BCUT2D eigenvalue weighted by molar-refractivity contribution is 0.103. The fraction of sp³-hybridized carbons (Fsp3) is 0. The van der Waals surface area contributed by atoms with Crippen LogP contribution >= 0.6 is 11.3 Å². The van der Waals surface area contributed by atoms with Gasteiger partial charge in [0, 0.05) is 16.6 Å². The molecule has 4 aromatic rings. The van der Waals surface area contributed by atoms with Crippen molar-refractivity contribution in [1.82, 2.24) is 4.98 Å². The van der Waals surface area contributed by atoms with Gasteiger partial charge in [0.1, 0.15) is 0 Å². The van der Waals surface area contributed by atoms with E-state index in [1.807, 2.05) is 72.1 Å². The molecular formula is C20H14N2OS. The van der Waals surface area contributed by atoms with Crippen molar-refractivity contribution in [3.63, 3.8) is 0 Å². The molecule has 4 rings (SSSR count). The largest absolute Gasteiger partial charge is 0.321 e. The molecule has 116 valence electrons. The van der Waals surface area contributed by atoms with Crippen molar-refractivity contribution < 1.29 is 4.79 Å². The summed E-state index contributed by atoms with van der Waals surface area (Å²) in [6, 6.07) is 23.5. The van der Waals surface area contributed by atoms with E-state index in [1.54, 1.807) is 0 Å². The fourth-order valence-electron chi connectivity index (χ4n) is 2.58. The molecule has 0 saturated carbocycles. The Morgan fingerprint density at radius 2 is 1.83 bits per heavy atom. The van der Waals surface area contributed by atoms with E-state index in [1.165, 1.54) is 11.3 Å². The Balaban J connectivity index is 1.65. The number of benzene rings is 2. The maximum absolute atomic E-state index is 12.2. The van der Waals surface area contributed by atoms with Crippen molar-refractivity contribution in [2.24, 2.45) is 0 Å². The number of nitrogens with zero attached hydrogens (tertiary/aromatic N) is 1. The lowest BCUT2D eigenvalue weighted by atomic mass is 10.1. The molecule has 0 bridgehead atoms. The Morgan fingerprint density at radius 3 is 2.71 bits per heavy atom. The minimum Gasteiger partial charge on any atom is -0.321 e. The molecular weight excluding hydrogens is 316 g/mol. The van der Waals surface area contributed by atoms with E-state index in [4.69, 9.17) is 4.98 Å². The number of aromatic nitrogens is 1. The molecule has 24 heavy (non-hydrogen) atoms. The number of amides is 1. The van der Waals surface area contributed by atoms with E-state index in [-0.39, 0.29) is 5.91 Å². The monoisotopic (exact) mass is 330 g/mol. The minimum absolute atomic E-state index is 0.0892. The molecule has 0 radical (unpaired) electrons. The van der Waals surface area contributed by atoms with Crippen LogP contribution in [0.25, 0.3) is 22.2 Å². The molecule has 3 nitrogen and oxygen atoms in total. The predicted molar refractivity (Wildman–Crippen MR) is 99.5 cm³/mol. The summed E-state index contributed by atoms with van der Waals surface area (Å²) < 4.78 is 0. The van der Waals surface area contributed by atoms with Gasteiger partial charge in [0.05, 0.1) is 16.1 Å². The van der Waals surface area contributed by atoms with Gasteiger partial charge in [0.15, 0.2) is 0 Å². The lowest BCUT2D eigenvalue weighted by Crippen LogP contribution is -2.09. The summed E-state index contributed by atoms with van der Waals surface area (Å²) in [6.07, 6.45) is 0. The highest BCUT2D eigenvalue weighted by molar-refractivity contribution is 7.12. The number of carbonyl (C=O) groups is 1. The zero-order valence-electron chi connectivity index (χ0n) is 12.8. The molecule has 0 aliphatic carbocycles. The van der Waals surface area contributed by atoms with E-state index in [9.17, 15) is 4.79 Å². The molecule has 4 heteroatoms. The highest BCUT2D eigenvalue weighted by atomic mass is 32.1. The van der Waals surface area contributed by atoms with Gasteiger partial charge in [-0.2, -0.15) is 0 Å². The van der Waals surface area contributed by atoms with Crippen LogP contribution in [0.5, 0.6) is 0 Å². The van der Waals surface area contributed by atoms with Gasteiger partial charge >= 0.3 is 0 Å². The smallest absolute Gasteiger partial charge is 0.265 e. The molecule has 0 spiro atoms. The predicted octanol–water partition coefficient (Wildman–Crippen LogP) is 5.22. The topological polar surface area (TPSA) is 42.0 Å². The van der Waals surface area contributed by atoms with Gasteiger partial charge < -0.3 is 5.32 Å². The van der Waals surface area contributed by atoms with Crippen molar-refractivity contribution in [2.45, 2.75) is 0 Å². The first kappa shape index (κ1) is 14.6. The summed E-state index contributed by atoms with van der Waals surface area (Å²) in [7, 11) is 0. The lowest BCUT2D eigenvalue weighted by Gasteiger charge is -2.07. The highest BCUT2D eigenvalue weighted by Gasteiger charge is 2.08. The minimum atomic E-state index is -0.0892. The number of carbonyl (C=O) groups excluding carboxylic acids is 1. The normalized spacial score (nSPS) is 10.7. The molecule has 2 aromatic carbocycles. The van der Waals surface area contributed by atoms with Crippen LogP contribution in [-0.4, -0.2) is 10.9 Å². The van der Waals surface area contributed by atoms with Gasteiger partial charge in [0.2, 0.25) is 0 Å². The molecule has 2 heterocycles. The first-order valence-electron chi connectivity index (χ1n) is 7.61. The number of para-hydroxylation sites is 1. The number of thiophene rings is 1. The summed E-state index contributed by atoms with van der Waals surface area (Å²) in [4.78, 5) is 17.6. The van der Waals surface area contributed by atoms with E-state index >= 15 is 0 Å². The zero-order valence-corrected chi connectivity index (χ0v) is 13.6. The summed E-state index contributed by atoms with van der Waals surface area (Å²) in [5.74, 6) is -0.0892. The van der Waals surface area contributed by atoms with Crippen LogP contribution in [0.15, 0.2) is 78.2 Å². The number of anilines is 1. The van der Waals surface area contributed by atoms with Crippen LogP contribution in [0.3, 0.4) is 0 Å². The number of hydrogen-bond acceptors (Lipinski definition) is 3. The van der Waals surface area contributed by atoms with Crippen LogP contribution in [-0.2, 0) is 0 Å². The molecule has 0 fully saturated rings. The van der Waals surface area contributed by atoms with Crippen LogP contribution in [0, 0.1) is 0 Å². The molecule has 0 saturated heterocycles. The van der Waals surface area contributed by atoms with Gasteiger partial charge in [-0.25, -0.2) is 4.98 Å². The van der Waals surface area contributed by atoms with E-state index in [0.29, 0.717) is 4.88 Å². The second-order valence-corrected chi connectivity index (χ2v) is 6.35. The van der Waals surface area contributed by atoms with Crippen LogP contribution in [0.2, 0.25) is 0 Å². The SMILES string of the molecule is O=C(Nc1cccc(-c2ccc3ccccc3n2)c1)c1cccs1. The average molecular weight is 330 g/mol. The maximum Gasteiger partial charge on any atom is 0.265 e. The van der Waals surface area contributed by atoms with Gasteiger partial charge in [-0.05, 0) is 35.7 Å². The summed E-state index contributed by atoms with van der Waals surface area (Å²) in [5, 5.41) is 5.94. The first-order chi connectivity index (χ1) is 11.8. The number of hydrogen-bond donors (Lipinski definition) is 1. The molecule has 0 unspecified atom stereocenters. The van der Waals surface area contributed by atoms with Gasteiger partial charge in [0.25, 0.3) is 5.91 Å². The molecule has 0 aliphatic rings. The number of rotatable bonds is 3. The van der Waals surface area contributed by atoms with Crippen LogP contribution in [0.4, 0.5) is 5.69 Å². The van der Waals surface area contributed by atoms with Crippen molar-refractivity contribution in [3.05, 3.63) is 83.1 Å². The molecule has 0 aliphatic heterocycles. The Kier molecular flexibility index (Phi) is 3.81. The first-order valence-corrected chi connectivity index (χ1v) is 8.49. The van der Waals surface area contributed by atoms with Crippen molar-refractivity contribution in [3.8, 4) is 11.3 Å². The van der Waals surface area contributed by atoms with Crippen molar-refractivity contribution in [1.29, 1.82) is 0 Å². The Labute approximate surface area is 143 Å². The highest BCUT2D eigenvalue weighted by Crippen LogP contribution is 2.24. The van der Waals surface area contributed by atoms with Crippen LogP contribution < -0.4 is 5.32 Å². The second kappa shape index (κ2) is 6.26. The third-order valence-corrected chi connectivity index (χ3v) is 4.63. The number of nitrogens with one attached hydrogen (secondary N) is 1.